The highest BCUT2D eigenvalue weighted by molar-refractivity contribution is 8.18. The minimum Gasteiger partial charge on any atom is -0.478 e. The van der Waals surface area contributed by atoms with Crippen molar-refractivity contribution in [1.82, 2.24) is 9.80 Å². The molecular weight excluding hydrogens is 368 g/mol. The lowest BCUT2D eigenvalue weighted by atomic mass is 10.1. The highest BCUT2D eigenvalue weighted by Crippen LogP contribution is 2.32. The SMILES string of the molecule is O=C(O)c1ccc(C=C2SC(=O)N(CC(=O)N3CCCCCC3)C2=O)cc1. The third kappa shape index (κ3) is 4.57. The molecule has 0 aromatic heterocycles. The molecule has 3 amide bonds. The molecule has 0 aliphatic carbocycles. The molecule has 1 N–H and O–H groups in total. The van der Waals surface area contributed by atoms with E-state index in [4.69, 9.17) is 5.11 Å². The van der Waals surface area contributed by atoms with Crippen LogP contribution < -0.4 is 0 Å². The van der Waals surface area contributed by atoms with Gasteiger partial charge in [0.2, 0.25) is 5.91 Å². The van der Waals surface area contributed by atoms with Crippen LogP contribution in [-0.4, -0.2) is 57.6 Å². The number of hydrogen-bond donors (Lipinski definition) is 1. The number of carbonyl (C=O) groups excluding carboxylic acids is 3. The van der Waals surface area contributed by atoms with Crippen molar-refractivity contribution in [2.45, 2.75) is 25.7 Å². The third-order valence-electron chi connectivity index (χ3n) is 4.58. The Labute approximate surface area is 161 Å². The topological polar surface area (TPSA) is 95.0 Å². The van der Waals surface area contributed by atoms with E-state index in [1.807, 2.05) is 0 Å². The van der Waals surface area contributed by atoms with E-state index in [-0.39, 0.29) is 22.9 Å². The predicted molar refractivity (Wildman–Crippen MR) is 101 cm³/mol. The highest BCUT2D eigenvalue weighted by atomic mass is 32.2. The zero-order chi connectivity index (χ0) is 19.4. The molecule has 2 heterocycles. The fourth-order valence-corrected chi connectivity index (χ4v) is 3.90. The Bertz CT molecular complexity index is 795. The maximum Gasteiger partial charge on any atom is 0.335 e. The summed E-state index contributed by atoms with van der Waals surface area (Å²) in [6.07, 6.45) is 5.61. The van der Waals surface area contributed by atoms with Crippen molar-refractivity contribution < 1.29 is 24.3 Å². The zero-order valence-electron chi connectivity index (χ0n) is 14.7. The van der Waals surface area contributed by atoms with Gasteiger partial charge in [0, 0.05) is 13.1 Å². The number of hydrogen-bond acceptors (Lipinski definition) is 5. The maximum absolute atomic E-state index is 12.5. The lowest BCUT2D eigenvalue weighted by molar-refractivity contribution is -0.135. The van der Waals surface area contributed by atoms with E-state index in [9.17, 15) is 19.2 Å². The second-order valence-electron chi connectivity index (χ2n) is 6.49. The molecule has 2 fully saturated rings. The van der Waals surface area contributed by atoms with Gasteiger partial charge >= 0.3 is 5.97 Å². The van der Waals surface area contributed by atoms with Crippen LogP contribution in [0.1, 0.15) is 41.6 Å². The summed E-state index contributed by atoms with van der Waals surface area (Å²) >= 11 is 0.791. The Balaban J connectivity index is 1.68. The molecule has 1 aromatic rings. The Morgan fingerprint density at radius 1 is 1.04 bits per heavy atom. The van der Waals surface area contributed by atoms with E-state index in [0.717, 1.165) is 42.3 Å². The average molecular weight is 388 g/mol. The van der Waals surface area contributed by atoms with Gasteiger partial charge in [-0.05, 0) is 48.4 Å². The molecule has 7 nitrogen and oxygen atoms in total. The minimum absolute atomic E-state index is 0.142. The molecule has 0 radical (unpaired) electrons. The van der Waals surface area contributed by atoms with Crippen LogP contribution in [0.3, 0.4) is 0 Å². The van der Waals surface area contributed by atoms with Gasteiger partial charge in [0.05, 0.1) is 10.5 Å². The molecule has 2 saturated heterocycles. The zero-order valence-corrected chi connectivity index (χ0v) is 15.5. The number of carbonyl (C=O) groups is 4. The molecule has 0 atom stereocenters. The van der Waals surface area contributed by atoms with Gasteiger partial charge in [-0.1, -0.05) is 25.0 Å². The van der Waals surface area contributed by atoms with Crippen LogP contribution in [0.2, 0.25) is 0 Å². The molecule has 0 unspecified atom stereocenters. The number of carboxylic acids is 1. The van der Waals surface area contributed by atoms with E-state index in [1.54, 1.807) is 17.0 Å². The Morgan fingerprint density at radius 3 is 2.26 bits per heavy atom. The number of likely N-dealkylation sites (tertiary alicyclic amines) is 1. The molecule has 8 heteroatoms. The molecule has 0 spiro atoms. The summed E-state index contributed by atoms with van der Waals surface area (Å²) in [6, 6.07) is 6.00. The summed E-state index contributed by atoms with van der Waals surface area (Å²) < 4.78 is 0. The lowest BCUT2D eigenvalue weighted by Crippen LogP contribution is -2.42. The first-order chi connectivity index (χ1) is 13.0. The molecule has 3 rings (SSSR count). The quantitative estimate of drug-likeness (QED) is 0.797. The van der Waals surface area contributed by atoms with Gasteiger partial charge in [0.15, 0.2) is 0 Å². The van der Waals surface area contributed by atoms with Crippen molar-refractivity contribution >= 4 is 40.9 Å². The van der Waals surface area contributed by atoms with E-state index in [1.165, 1.54) is 18.2 Å². The van der Waals surface area contributed by atoms with Gasteiger partial charge in [0.1, 0.15) is 6.54 Å². The average Bonchev–Trinajstić information content (AvgIpc) is 2.86. The van der Waals surface area contributed by atoms with Gasteiger partial charge < -0.3 is 10.0 Å². The molecule has 0 saturated carbocycles. The first kappa shape index (κ1) is 19.2. The number of benzene rings is 1. The van der Waals surface area contributed by atoms with Crippen molar-refractivity contribution in [3.8, 4) is 0 Å². The summed E-state index contributed by atoms with van der Waals surface area (Å²) in [7, 11) is 0. The fourth-order valence-electron chi connectivity index (χ4n) is 3.06. The van der Waals surface area contributed by atoms with Crippen LogP contribution >= 0.6 is 11.8 Å². The van der Waals surface area contributed by atoms with E-state index in [0.29, 0.717) is 18.7 Å². The first-order valence-electron chi connectivity index (χ1n) is 8.82. The molecule has 2 aliphatic heterocycles. The van der Waals surface area contributed by atoms with Gasteiger partial charge in [-0.3, -0.25) is 19.3 Å². The van der Waals surface area contributed by atoms with E-state index in [2.05, 4.69) is 0 Å². The number of rotatable bonds is 4. The minimum atomic E-state index is -1.03. The molecule has 2 aliphatic rings. The smallest absolute Gasteiger partial charge is 0.335 e. The third-order valence-corrected chi connectivity index (χ3v) is 5.49. The van der Waals surface area contributed by atoms with Crippen molar-refractivity contribution in [1.29, 1.82) is 0 Å². The van der Waals surface area contributed by atoms with Crippen molar-refractivity contribution in [3.05, 3.63) is 40.3 Å². The second-order valence-corrected chi connectivity index (χ2v) is 7.48. The van der Waals surface area contributed by atoms with Crippen molar-refractivity contribution in [2.75, 3.05) is 19.6 Å². The van der Waals surface area contributed by atoms with Gasteiger partial charge in [-0.25, -0.2) is 4.79 Å². The summed E-state index contributed by atoms with van der Waals surface area (Å²) in [5.74, 6) is -1.73. The van der Waals surface area contributed by atoms with Crippen LogP contribution in [0.25, 0.3) is 6.08 Å². The first-order valence-corrected chi connectivity index (χ1v) is 9.64. The summed E-state index contributed by atoms with van der Waals surface area (Å²) in [5, 5.41) is 8.46. The number of carboxylic acid groups (broad SMARTS) is 1. The Morgan fingerprint density at radius 2 is 1.67 bits per heavy atom. The largest absolute Gasteiger partial charge is 0.478 e. The van der Waals surface area contributed by atoms with Gasteiger partial charge in [-0.15, -0.1) is 0 Å². The Kier molecular flexibility index (Phi) is 5.95. The van der Waals surface area contributed by atoms with Crippen LogP contribution in [0.4, 0.5) is 4.79 Å². The van der Waals surface area contributed by atoms with E-state index >= 15 is 0 Å². The van der Waals surface area contributed by atoms with Crippen LogP contribution in [0, 0.1) is 0 Å². The van der Waals surface area contributed by atoms with Crippen molar-refractivity contribution in [3.63, 3.8) is 0 Å². The van der Waals surface area contributed by atoms with Crippen LogP contribution in [-0.2, 0) is 9.59 Å². The van der Waals surface area contributed by atoms with Crippen LogP contribution in [0.15, 0.2) is 29.2 Å². The molecule has 142 valence electrons. The fraction of sp³-hybridized carbons (Fsp3) is 0.368. The summed E-state index contributed by atoms with van der Waals surface area (Å²) in [4.78, 5) is 51.0. The summed E-state index contributed by atoms with van der Waals surface area (Å²) in [5.41, 5.74) is 0.757. The van der Waals surface area contributed by atoms with Gasteiger partial charge in [0.25, 0.3) is 11.1 Å². The van der Waals surface area contributed by atoms with Gasteiger partial charge in [-0.2, -0.15) is 0 Å². The highest BCUT2D eigenvalue weighted by Gasteiger charge is 2.37. The lowest BCUT2D eigenvalue weighted by Gasteiger charge is -2.22. The predicted octanol–water partition coefficient (Wildman–Crippen LogP) is 2.82. The normalized spacial score (nSPS) is 19.5. The monoisotopic (exact) mass is 388 g/mol. The molecule has 27 heavy (non-hydrogen) atoms. The number of thioether (sulfide) groups is 1. The number of imide groups is 1. The maximum atomic E-state index is 12.5. The second kappa shape index (κ2) is 8.39. The number of aromatic carboxylic acids is 1. The summed E-state index contributed by atoms with van der Waals surface area (Å²) in [6.45, 7) is 1.10. The number of amides is 3. The standard InChI is InChI=1S/C19H20N2O5S/c22-16(20-9-3-1-2-4-10-20)12-21-17(23)15(27-19(21)26)11-13-5-7-14(8-6-13)18(24)25/h5-8,11H,1-4,9-10,12H2,(H,24,25). The molecular formula is C19H20N2O5S. The molecule has 0 bridgehead atoms. The number of nitrogens with zero attached hydrogens (tertiary/aromatic N) is 2. The van der Waals surface area contributed by atoms with Crippen molar-refractivity contribution in [2.24, 2.45) is 0 Å². The van der Waals surface area contributed by atoms with E-state index < -0.39 is 17.1 Å². The molecule has 1 aromatic carbocycles. The Hall–Kier alpha value is -2.61. The van der Waals surface area contributed by atoms with Crippen LogP contribution in [0.5, 0.6) is 0 Å².